The zero-order valence-corrected chi connectivity index (χ0v) is 32.1. The first-order chi connectivity index (χ1) is 29.2. The molecule has 0 fully saturated rings. The molecule has 0 radical (unpaired) electrons. The van der Waals surface area contributed by atoms with Crippen LogP contribution in [-0.2, 0) is 5.41 Å². The van der Waals surface area contributed by atoms with Crippen LogP contribution in [0.3, 0.4) is 0 Å². The molecule has 8 aromatic carbocycles. The van der Waals surface area contributed by atoms with Crippen LogP contribution >= 0.6 is 0 Å². The smallest absolute Gasteiger partial charge is 0.164 e. The molecule has 0 aliphatic heterocycles. The zero-order valence-electron chi connectivity index (χ0n) is 32.1. The SMILES string of the molecule is c1ccc(-c2nc(-c3ccc(-c4ccc5c(c4)C(c4ccccc4)(c4ccccc4)c4ccccc4-5)cc3)nc(-c3ccc(-c4cccc5cccnc45)cc3)n2)cc1. The molecule has 0 amide bonds. The van der Waals surface area contributed by atoms with E-state index in [1.54, 1.807) is 0 Å². The second kappa shape index (κ2) is 14.3. The van der Waals surface area contributed by atoms with Crippen molar-refractivity contribution in [1.82, 2.24) is 19.9 Å². The lowest BCUT2D eigenvalue weighted by Crippen LogP contribution is -2.28. The van der Waals surface area contributed by atoms with E-state index < -0.39 is 5.41 Å². The van der Waals surface area contributed by atoms with Gasteiger partial charge in [-0.05, 0) is 62.2 Å². The van der Waals surface area contributed by atoms with Crippen molar-refractivity contribution in [3.63, 3.8) is 0 Å². The zero-order chi connectivity index (χ0) is 39.2. The largest absolute Gasteiger partial charge is 0.256 e. The van der Waals surface area contributed by atoms with Crippen LogP contribution in [0.15, 0.2) is 219 Å². The van der Waals surface area contributed by atoms with Crippen molar-refractivity contribution in [1.29, 1.82) is 0 Å². The summed E-state index contributed by atoms with van der Waals surface area (Å²) < 4.78 is 0. The van der Waals surface area contributed by atoms with Crippen LogP contribution in [0.1, 0.15) is 22.3 Å². The van der Waals surface area contributed by atoms with Gasteiger partial charge in [0.2, 0.25) is 0 Å². The third kappa shape index (κ3) is 5.84. The first-order valence-corrected chi connectivity index (χ1v) is 20.0. The van der Waals surface area contributed by atoms with Crippen molar-refractivity contribution in [2.45, 2.75) is 5.41 Å². The fourth-order valence-corrected chi connectivity index (χ4v) is 8.92. The average Bonchev–Trinajstić information content (AvgIpc) is 3.62. The maximum atomic E-state index is 5.08. The second-order valence-electron chi connectivity index (χ2n) is 15.0. The highest BCUT2D eigenvalue weighted by atomic mass is 15.0. The number of benzene rings is 8. The molecule has 0 unspecified atom stereocenters. The summed E-state index contributed by atoms with van der Waals surface area (Å²) in [6, 6.07) is 75.2. The van der Waals surface area contributed by atoms with Crippen molar-refractivity contribution in [2.75, 3.05) is 0 Å². The highest BCUT2D eigenvalue weighted by Gasteiger charge is 2.46. The monoisotopic (exact) mass is 752 g/mol. The van der Waals surface area contributed by atoms with E-state index in [4.69, 9.17) is 15.0 Å². The standard InChI is InChI=1S/C55H36N4/c1-4-14-40(15-5-1)52-57-53(59-54(58-52)42-31-27-38(28-32-42)46-23-12-16-39-17-13-35-56-51(39)46)41-29-25-37(26-30-41)43-33-34-48-47-22-10-11-24-49(47)55(50(48)36-43,44-18-6-2-7-19-44)45-20-8-3-9-21-45/h1-36H. The van der Waals surface area contributed by atoms with Gasteiger partial charge in [0.05, 0.1) is 10.9 Å². The lowest BCUT2D eigenvalue weighted by Gasteiger charge is -2.34. The average molecular weight is 753 g/mol. The molecule has 4 heteroatoms. The molecular weight excluding hydrogens is 717 g/mol. The summed E-state index contributed by atoms with van der Waals surface area (Å²) in [5.41, 5.74) is 15.4. The van der Waals surface area contributed by atoms with Crippen LogP contribution in [0.25, 0.3) is 78.4 Å². The molecule has 0 saturated heterocycles. The number of aromatic nitrogens is 4. The molecular formula is C55H36N4. The highest BCUT2D eigenvalue weighted by molar-refractivity contribution is 5.94. The molecule has 0 spiro atoms. The minimum absolute atomic E-state index is 0.455. The van der Waals surface area contributed by atoms with E-state index >= 15 is 0 Å². The molecule has 59 heavy (non-hydrogen) atoms. The lowest BCUT2D eigenvalue weighted by molar-refractivity contribution is 0.769. The van der Waals surface area contributed by atoms with Crippen LogP contribution in [-0.4, -0.2) is 19.9 Å². The van der Waals surface area contributed by atoms with Crippen LogP contribution in [0, 0.1) is 0 Å². The van der Waals surface area contributed by atoms with Gasteiger partial charge in [-0.15, -0.1) is 0 Å². The van der Waals surface area contributed by atoms with Gasteiger partial charge < -0.3 is 0 Å². The van der Waals surface area contributed by atoms with Crippen LogP contribution in [0.5, 0.6) is 0 Å². The Hall–Kier alpha value is -7.82. The molecule has 276 valence electrons. The Bertz CT molecular complexity index is 3080. The predicted molar refractivity (Wildman–Crippen MR) is 240 cm³/mol. The van der Waals surface area contributed by atoms with Crippen LogP contribution < -0.4 is 0 Å². The summed E-state index contributed by atoms with van der Waals surface area (Å²) in [6.07, 6.45) is 1.84. The first-order valence-electron chi connectivity index (χ1n) is 20.0. The molecule has 1 aliphatic rings. The van der Waals surface area contributed by atoms with E-state index in [-0.39, 0.29) is 0 Å². The Kier molecular flexibility index (Phi) is 8.34. The minimum Gasteiger partial charge on any atom is -0.256 e. The number of fused-ring (bicyclic) bond motifs is 4. The summed E-state index contributed by atoms with van der Waals surface area (Å²) in [7, 11) is 0. The van der Waals surface area contributed by atoms with Crippen LogP contribution in [0.2, 0.25) is 0 Å². The molecule has 0 bridgehead atoms. The maximum absolute atomic E-state index is 5.08. The second-order valence-corrected chi connectivity index (χ2v) is 15.0. The molecule has 4 nitrogen and oxygen atoms in total. The summed E-state index contributed by atoms with van der Waals surface area (Å²) in [5, 5.41) is 1.11. The molecule has 11 rings (SSSR count). The lowest BCUT2D eigenvalue weighted by atomic mass is 9.67. The van der Waals surface area contributed by atoms with Gasteiger partial charge >= 0.3 is 0 Å². The van der Waals surface area contributed by atoms with Gasteiger partial charge in [-0.3, -0.25) is 4.98 Å². The molecule has 10 aromatic rings. The number of para-hydroxylation sites is 1. The third-order valence-corrected chi connectivity index (χ3v) is 11.7. The fraction of sp³-hybridized carbons (Fsp3) is 0.0182. The van der Waals surface area contributed by atoms with E-state index in [1.807, 2.05) is 42.6 Å². The number of pyridine rings is 1. The molecule has 2 aromatic heterocycles. The van der Waals surface area contributed by atoms with E-state index in [9.17, 15) is 0 Å². The van der Waals surface area contributed by atoms with Gasteiger partial charge in [-0.25, -0.2) is 15.0 Å². The summed E-state index contributed by atoms with van der Waals surface area (Å²) in [5.74, 6) is 1.88. The molecule has 1 aliphatic carbocycles. The van der Waals surface area contributed by atoms with Gasteiger partial charge in [0, 0.05) is 33.8 Å². The molecule has 0 saturated carbocycles. The van der Waals surface area contributed by atoms with E-state index in [2.05, 4.69) is 181 Å². The normalized spacial score (nSPS) is 12.5. The van der Waals surface area contributed by atoms with E-state index in [1.165, 1.54) is 33.4 Å². The Labute approximate surface area is 343 Å². The Balaban J connectivity index is 0.990. The van der Waals surface area contributed by atoms with E-state index in [0.29, 0.717) is 17.5 Å². The highest BCUT2D eigenvalue weighted by Crippen LogP contribution is 2.56. The van der Waals surface area contributed by atoms with Gasteiger partial charge in [0.1, 0.15) is 0 Å². The van der Waals surface area contributed by atoms with Gasteiger partial charge in [0.15, 0.2) is 17.5 Å². The Morgan fingerprint density at radius 1 is 0.305 bits per heavy atom. The predicted octanol–water partition coefficient (Wildman–Crippen LogP) is 13.1. The maximum Gasteiger partial charge on any atom is 0.164 e. The van der Waals surface area contributed by atoms with Crippen molar-refractivity contribution in [3.05, 3.63) is 241 Å². The van der Waals surface area contributed by atoms with Crippen molar-refractivity contribution in [2.24, 2.45) is 0 Å². The minimum atomic E-state index is -0.455. The fourth-order valence-electron chi connectivity index (χ4n) is 8.92. The van der Waals surface area contributed by atoms with Crippen molar-refractivity contribution in [3.8, 4) is 67.5 Å². The van der Waals surface area contributed by atoms with Gasteiger partial charge in [-0.2, -0.15) is 0 Å². The van der Waals surface area contributed by atoms with Crippen LogP contribution in [0.4, 0.5) is 0 Å². The summed E-state index contributed by atoms with van der Waals surface area (Å²) >= 11 is 0. The quantitative estimate of drug-likeness (QED) is 0.163. The number of rotatable bonds is 7. The molecule has 2 heterocycles. The number of hydrogen-bond donors (Lipinski definition) is 0. The van der Waals surface area contributed by atoms with Gasteiger partial charge in [-0.1, -0.05) is 200 Å². The molecule has 0 atom stereocenters. The Morgan fingerprint density at radius 2 is 0.780 bits per heavy atom. The van der Waals surface area contributed by atoms with Gasteiger partial charge in [0.25, 0.3) is 0 Å². The first kappa shape index (κ1) is 34.4. The van der Waals surface area contributed by atoms with Crippen molar-refractivity contribution >= 4 is 10.9 Å². The third-order valence-electron chi connectivity index (χ3n) is 11.7. The number of nitrogens with zero attached hydrogens (tertiary/aromatic N) is 4. The van der Waals surface area contributed by atoms with Crippen molar-refractivity contribution < 1.29 is 0 Å². The Morgan fingerprint density at radius 3 is 1.42 bits per heavy atom. The number of hydrogen-bond acceptors (Lipinski definition) is 4. The summed E-state index contributed by atoms with van der Waals surface area (Å²) in [6.45, 7) is 0. The molecule has 0 N–H and O–H groups in total. The summed E-state index contributed by atoms with van der Waals surface area (Å²) in [4.78, 5) is 19.8. The van der Waals surface area contributed by atoms with E-state index in [0.717, 1.165) is 49.8 Å². The topological polar surface area (TPSA) is 51.6 Å².